The van der Waals surface area contributed by atoms with E-state index in [1.54, 1.807) is 7.11 Å². The number of esters is 1. The number of hydrogen-bond donors (Lipinski definition) is 0. The molecule has 0 heterocycles. The second-order valence-corrected chi connectivity index (χ2v) is 37.9. The van der Waals surface area contributed by atoms with Crippen molar-refractivity contribution in [2.45, 2.75) is 222 Å². The first-order valence-corrected chi connectivity index (χ1v) is 32.3. The van der Waals surface area contributed by atoms with Crippen LogP contribution in [0.5, 0.6) is 17.2 Å². The molecule has 0 aliphatic rings. The molecule has 7 nitrogen and oxygen atoms in total. The van der Waals surface area contributed by atoms with Gasteiger partial charge in [0, 0.05) is 18.6 Å². The van der Waals surface area contributed by atoms with Crippen LogP contribution in [0.3, 0.4) is 0 Å². The average molecular weight is 956 g/mol. The number of ether oxygens (including phenoxy) is 3. The molecule has 0 amide bonds. The molecule has 0 saturated carbocycles. The van der Waals surface area contributed by atoms with Gasteiger partial charge >= 0.3 is 5.97 Å². The average Bonchev–Trinajstić information content (AvgIpc) is 3.22. The lowest BCUT2D eigenvalue weighted by molar-refractivity contribution is -0.158. The normalized spacial score (nSPS) is 15.6. The summed E-state index contributed by atoms with van der Waals surface area (Å²) in [6.07, 6.45) is 4.56. The quantitative estimate of drug-likeness (QED) is 0.0478. The van der Waals surface area contributed by atoms with E-state index in [1.807, 2.05) is 45.0 Å². The van der Waals surface area contributed by atoms with Crippen LogP contribution in [0.4, 0.5) is 0 Å². The number of rotatable bonds is 28. The summed E-state index contributed by atoms with van der Waals surface area (Å²) in [6, 6.07) is 17.9. The monoisotopic (exact) mass is 955 g/mol. The molecule has 2 rings (SSSR count). The summed E-state index contributed by atoms with van der Waals surface area (Å²) < 4.78 is 40.7. The minimum absolute atomic E-state index is 0.0486. The molecule has 0 N–H and O–H groups in total. The van der Waals surface area contributed by atoms with E-state index < -0.39 is 36.5 Å². The first-order chi connectivity index (χ1) is 30.2. The van der Waals surface area contributed by atoms with E-state index in [0.29, 0.717) is 46.5 Å². The van der Waals surface area contributed by atoms with Crippen LogP contribution < -0.4 is 13.6 Å². The van der Waals surface area contributed by atoms with E-state index in [-0.39, 0.29) is 29.8 Å². The molecule has 0 aromatic heterocycles. The highest BCUT2D eigenvalue weighted by molar-refractivity contribution is 6.79. The third kappa shape index (κ3) is 15.6. The summed E-state index contributed by atoms with van der Waals surface area (Å²) >= 11 is 0. The molecule has 0 bridgehead atoms. The Bertz CT molecular complexity index is 1620. The lowest BCUT2D eigenvalue weighted by Gasteiger charge is -2.44. The van der Waals surface area contributed by atoms with Crippen LogP contribution in [0.2, 0.25) is 51.4 Å². The second-order valence-electron chi connectivity index (χ2n) is 22.4. The molecule has 5 atom stereocenters. The molecular weight excluding hydrogens is 857 g/mol. The van der Waals surface area contributed by atoms with Gasteiger partial charge in [0.05, 0.1) is 25.2 Å². The molecule has 2 aromatic rings. The highest BCUT2D eigenvalue weighted by Gasteiger charge is 2.49. The number of methoxy groups -OCH3 is 1. The van der Waals surface area contributed by atoms with E-state index >= 15 is 0 Å². The van der Waals surface area contributed by atoms with Crippen molar-refractivity contribution in [1.82, 2.24) is 0 Å². The maximum Gasteiger partial charge on any atom is 0.311 e. The van der Waals surface area contributed by atoms with Gasteiger partial charge in [-0.05, 0) is 132 Å². The van der Waals surface area contributed by atoms with Crippen LogP contribution in [0.25, 0.3) is 0 Å². The van der Waals surface area contributed by atoms with E-state index in [2.05, 4.69) is 155 Å². The molecule has 0 radical (unpaired) electrons. The number of benzene rings is 2. The van der Waals surface area contributed by atoms with Crippen LogP contribution in [0.1, 0.15) is 169 Å². The summed E-state index contributed by atoms with van der Waals surface area (Å²) in [5, 5.41) is 0. The van der Waals surface area contributed by atoms with Crippen LogP contribution in [0.15, 0.2) is 54.6 Å². The summed E-state index contributed by atoms with van der Waals surface area (Å²) in [6.45, 7) is 48.7. The summed E-state index contributed by atoms with van der Waals surface area (Å²) in [4.78, 5) is 13.6. The van der Waals surface area contributed by atoms with Gasteiger partial charge in [-0.15, -0.1) is 0 Å². The summed E-state index contributed by atoms with van der Waals surface area (Å²) in [5.41, 5.74) is 4.05. The molecule has 2 aromatic carbocycles. The first kappa shape index (κ1) is 58.7. The van der Waals surface area contributed by atoms with E-state index in [1.165, 1.54) is 0 Å². The first-order valence-electron chi connectivity index (χ1n) is 25.5. The van der Waals surface area contributed by atoms with Crippen molar-refractivity contribution in [2.24, 2.45) is 23.2 Å². The largest absolute Gasteiger partial charge is 0.543 e. The van der Waals surface area contributed by atoms with Crippen LogP contribution in [-0.4, -0.2) is 50.7 Å². The number of hydrogen-bond acceptors (Lipinski definition) is 7. The number of carbonyl (C=O) groups excluding carboxylic acids is 1. The summed E-state index contributed by atoms with van der Waals surface area (Å²) in [5.74, 6) is 2.69. The lowest BCUT2D eigenvalue weighted by Crippen LogP contribution is -2.51. The maximum absolute atomic E-state index is 13.6. The zero-order chi connectivity index (χ0) is 49.7. The van der Waals surface area contributed by atoms with Gasteiger partial charge in [0.2, 0.25) is 0 Å². The van der Waals surface area contributed by atoms with Gasteiger partial charge in [0.25, 0.3) is 16.6 Å². The Balaban J connectivity index is 2.80. The third-order valence-electron chi connectivity index (χ3n) is 14.6. The molecule has 0 spiro atoms. The van der Waals surface area contributed by atoms with Gasteiger partial charge < -0.3 is 27.5 Å². The van der Waals surface area contributed by atoms with Crippen molar-refractivity contribution >= 4 is 30.9 Å². The molecule has 65 heavy (non-hydrogen) atoms. The SMILES string of the molecule is CC[Si](CC)(CC)O[C@H](c1cc(O[Si](C(C)C)(C(C)C)C(C)C)cc(O[Si](C(C)C)(C(C)C)C(C)C)c1)[C@@H](C)/C=C/C(OC(=O)C(C)(C)C)[C@@H](C)C[C@H](C)COCc1ccc(OC)cc1. The molecule has 10 heteroatoms. The Morgan fingerprint density at radius 1 is 0.631 bits per heavy atom. The van der Waals surface area contributed by atoms with Crippen molar-refractivity contribution in [1.29, 1.82) is 0 Å². The van der Waals surface area contributed by atoms with Crippen LogP contribution in [-0.2, 0) is 25.3 Å². The van der Waals surface area contributed by atoms with E-state index in [0.717, 1.165) is 52.9 Å². The second kappa shape index (κ2) is 25.8. The van der Waals surface area contributed by atoms with Crippen molar-refractivity contribution in [3.8, 4) is 17.2 Å². The van der Waals surface area contributed by atoms with Gasteiger partial charge in [-0.3, -0.25) is 4.79 Å². The van der Waals surface area contributed by atoms with Gasteiger partial charge in [-0.2, -0.15) is 0 Å². The Labute approximate surface area is 403 Å². The lowest BCUT2D eigenvalue weighted by atomic mass is 9.90. The van der Waals surface area contributed by atoms with E-state index in [9.17, 15) is 4.79 Å². The Morgan fingerprint density at radius 2 is 1.08 bits per heavy atom. The molecular formula is C55H98O7Si3. The van der Waals surface area contributed by atoms with Crippen LogP contribution in [0, 0.1) is 23.2 Å². The third-order valence-corrected chi connectivity index (χ3v) is 31.3. The molecule has 1 unspecified atom stereocenters. The van der Waals surface area contributed by atoms with Gasteiger partial charge in [-0.25, -0.2) is 0 Å². The smallest absolute Gasteiger partial charge is 0.311 e. The molecule has 372 valence electrons. The zero-order valence-corrected chi connectivity index (χ0v) is 48.6. The van der Waals surface area contributed by atoms with Crippen molar-refractivity contribution in [3.63, 3.8) is 0 Å². The zero-order valence-electron chi connectivity index (χ0n) is 45.6. The summed E-state index contributed by atoms with van der Waals surface area (Å²) in [7, 11) is -5.16. The van der Waals surface area contributed by atoms with Crippen molar-refractivity contribution in [3.05, 3.63) is 65.7 Å². The fraction of sp³-hybridized carbons (Fsp3) is 0.727. The fourth-order valence-corrected chi connectivity index (χ4v) is 24.1. The van der Waals surface area contributed by atoms with Gasteiger partial charge in [0.15, 0.2) is 8.32 Å². The molecule has 0 aliphatic carbocycles. The highest BCUT2D eigenvalue weighted by Crippen LogP contribution is 2.48. The Kier molecular flexibility index (Phi) is 23.3. The minimum Gasteiger partial charge on any atom is -0.543 e. The topological polar surface area (TPSA) is 72.5 Å². The molecule has 0 fully saturated rings. The fourth-order valence-electron chi connectivity index (χ4n) is 10.7. The van der Waals surface area contributed by atoms with Crippen molar-refractivity contribution in [2.75, 3.05) is 13.7 Å². The molecule has 0 aliphatic heterocycles. The predicted octanol–water partition coefficient (Wildman–Crippen LogP) is 16.9. The van der Waals surface area contributed by atoms with Gasteiger partial charge in [-0.1, -0.05) is 143 Å². The predicted molar refractivity (Wildman–Crippen MR) is 284 cm³/mol. The number of carbonyl (C=O) groups is 1. The minimum atomic E-state index is -2.34. The van der Waals surface area contributed by atoms with E-state index in [4.69, 9.17) is 27.5 Å². The maximum atomic E-state index is 13.6. The van der Waals surface area contributed by atoms with Crippen LogP contribution >= 0.6 is 0 Å². The standard InChI is InChI=1S/C55H98O7Si3/c1-23-63(24-2,25-3)62-53(45(17)26-31-52(59-54(56)55(19,20)21)46(18)32-44(16)36-58-37-47-27-29-49(57-22)30-28-47)48-33-50(60-64(38(4)5,39(6)7)40(8)9)35-51(34-48)61-65(41(10)11,42(12)13)43(14)15/h26-31,33-35,38-46,52-53H,23-25,32,36-37H2,1-22H3/b31-26+/t44-,45-,46-,52?,53-/m0/s1. The molecule has 0 saturated heterocycles. The Hall–Kier alpha value is -2.38. The Morgan fingerprint density at radius 3 is 1.46 bits per heavy atom. The van der Waals surface area contributed by atoms with Crippen molar-refractivity contribution < 1.29 is 32.3 Å². The van der Waals surface area contributed by atoms with Gasteiger partial charge in [0.1, 0.15) is 23.4 Å². The highest BCUT2D eigenvalue weighted by atomic mass is 28.4.